The highest BCUT2D eigenvalue weighted by Gasteiger charge is 2.32. The molecule has 0 fully saturated rings. The van der Waals surface area contributed by atoms with Gasteiger partial charge in [-0.2, -0.15) is 0 Å². The number of aliphatic imine (C=N–C) groups is 1. The van der Waals surface area contributed by atoms with Gasteiger partial charge in [-0.05, 0) is 38.5 Å². The van der Waals surface area contributed by atoms with Gasteiger partial charge in [-0.15, -0.1) is 0 Å². The van der Waals surface area contributed by atoms with Crippen LogP contribution in [0.2, 0.25) is 0 Å². The van der Waals surface area contributed by atoms with Crippen molar-refractivity contribution in [2.75, 3.05) is 6.54 Å². The Labute approximate surface area is 209 Å². The molecule has 3 amide bonds. The van der Waals surface area contributed by atoms with Gasteiger partial charge in [0, 0.05) is 13.0 Å². The van der Waals surface area contributed by atoms with Gasteiger partial charge in [-0.25, -0.2) is 4.79 Å². The van der Waals surface area contributed by atoms with Crippen LogP contribution in [0, 0.1) is 5.92 Å². The highest BCUT2D eigenvalue weighted by atomic mass is 16.4. The summed E-state index contributed by atoms with van der Waals surface area (Å²) in [7, 11) is 0. The summed E-state index contributed by atoms with van der Waals surface area (Å²) in [6.07, 6.45) is -1.43. The molecule has 5 atom stereocenters. The molecule has 0 aliphatic carbocycles. The molecule has 0 bridgehead atoms. The minimum Gasteiger partial charge on any atom is -0.481 e. The molecule has 0 saturated carbocycles. The molecule has 0 heterocycles. The Bertz CT molecular complexity index is 799. The van der Waals surface area contributed by atoms with Gasteiger partial charge in [0.1, 0.15) is 12.1 Å². The van der Waals surface area contributed by atoms with Gasteiger partial charge in [0.2, 0.25) is 17.7 Å². The molecule has 0 saturated heterocycles. The molecule has 0 spiro atoms. The normalized spacial score (nSPS) is 15.1. The summed E-state index contributed by atoms with van der Waals surface area (Å²) in [5.74, 6) is -5.16. The van der Waals surface area contributed by atoms with Gasteiger partial charge in [0.25, 0.3) is 0 Å². The van der Waals surface area contributed by atoms with E-state index in [9.17, 15) is 34.2 Å². The van der Waals surface area contributed by atoms with Crippen LogP contribution in [0.5, 0.6) is 0 Å². The van der Waals surface area contributed by atoms with Crippen LogP contribution in [0.1, 0.15) is 52.9 Å². The zero-order valence-corrected chi connectivity index (χ0v) is 20.8. The van der Waals surface area contributed by atoms with E-state index in [0.717, 1.165) is 0 Å². The number of carboxylic acid groups (broad SMARTS) is 2. The number of nitrogens with zero attached hydrogens (tertiary/aromatic N) is 1. The van der Waals surface area contributed by atoms with Crippen molar-refractivity contribution < 1.29 is 39.3 Å². The maximum absolute atomic E-state index is 13.1. The summed E-state index contributed by atoms with van der Waals surface area (Å²) in [5, 5.41) is 34.8. The average molecular weight is 518 g/mol. The van der Waals surface area contributed by atoms with E-state index in [-0.39, 0.29) is 50.5 Å². The number of rotatable bonds is 17. The van der Waals surface area contributed by atoms with Crippen LogP contribution in [0.4, 0.5) is 0 Å². The Balaban J connectivity index is 5.60. The summed E-state index contributed by atoms with van der Waals surface area (Å²) in [5.41, 5.74) is 16.3. The van der Waals surface area contributed by atoms with Gasteiger partial charge >= 0.3 is 11.9 Å². The number of hydrogen-bond donors (Lipinski definition) is 9. The van der Waals surface area contributed by atoms with Crippen LogP contribution in [0.15, 0.2) is 4.99 Å². The van der Waals surface area contributed by atoms with Crippen LogP contribution in [0.3, 0.4) is 0 Å². The van der Waals surface area contributed by atoms with Gasteiger partial charge in [0.15, 0.2) is 12.0 Å². The lowest BCUT2D eigenvalue weighted by molar-refractivity contribution is -0.145. The number of carboxylic acids is 2. The molecule has 15 nitrogen and oxygen atoms in total. The molecule has 206 valence electrons. The van der Waals surface area contributed by atoms with E-state index < -0.39 is 59.9 Å². The van der Waals surface area contributed by atoms with Gasteiger partial charge in [-0.3, -0.25) is 24.2 Å². The number of nitrogens with one attached hydrogen (secondary N) is 3. The largest absolute Gasteiger partial charge is 0.481 e. The second-order valence-electron chi connectivity index (χ2n) is 8.80. The molecule has 12 N–H and O–H groups in total. The van der Waals surface area contributed by atoms with Gasteiger partial charge < -0.3 is 48.5 Å². The lowest BCUT2D eigenvalue weighted by atomic mass is 10.0. The Morgan fingerprint density at radius 3 is 1.89 bits per heavy atom. The van der Waals surface area contributed by atoms with Crippen molar-refractivity contribution >= 4 is 35.6 Å². The molecule has 0 aromatic rings. The van der Waals surface area contributed by atoms with Gasteiger partial charge in [0.05, 0.1) is 12.1 Å². The Morgan fingerprint density at radius 2 is 1.42 bits per heavy atom. The molecule has 0 aromatic heterocycles. The topological polar surface area (TPSA) is 273 Å². The first-order valence-corrected chi connectivity index (χ1v) is 11.5. The minimum atomic E-state index is -1.59. The maximum Gasteiger partial charge on any atom is 0.328 e. The number of aliphatic hydroxyl groups excluding tert-OH is 1. The summed E-state index contributed by atoms with van der Waals surface area (Å²) in [6.45, 7) is 4.92. The molecule has 0 radical (unpaired) electrons. The Kier molecular flexibility index (Phi) is 14.7. The molecule has 15 heteroatoms. The monoisotopic (exact) mass is 517 g/mol. The number of carbonyl (C=O) groups is 5. The van der Waals surface area contributed by atoms with E-state index in [1.165, 1.54) is 6.92 Å². The first kappa shape index (κ1) is 32.5. The predicted molar refractivity (Wildman–Crippen MR) is 129 cm³/mol. The fourth-order valence-electron chi connectivity index (χ4n) is 3.08. The molecule has 36 heavy (non-hydrogen) atoms. The van der Waals surface area contributed by atoms with E-state index in [1.54, 1.807) is 13.8 Å². The predicted octanol–water partition coefficient (Wildman–Crippen LogP) is -2.80. The highest BCUT2D eigenvalue weighted by Crippen LogP contribution is 2.08. The molecular weight excluding hydrogens is 478 g/mol. The number of nitrogens with two attached hydrogens (primary N) is 3. The highest BCUT2D eigenvalue weighted by molar-refractivity contribution is 5.94. The minimum absolute atomic E-state index is 0.0570. The van der Waals surface area contributed by atoms with Crippen LogP contribution in [-0.4, -0.2) is 87.8 Å². The number of hydrogen-bond acceptors (Lipinski definition) is 8. The van der Waals surface area contributed by atoms with E-state index in [0.29, 0.717) is 0 Å². The lowest BCUT2D eigenvalue weighted by Crippen LogP contribution is -2.58. The van der Waals surface area contributed by atoms with Gasteiger partial charge in [-0.1, -0.05) is 13.8 Å². The van der Waals surface area contributed by atoms with Crippen molar-refractivity contribution in [2.24, 2.45) is 28.1 Å². The standard InChI is InChI=1S/C21H39N7O8/c1-10(2)9-14(19(34)28-16(11(3)29)20(35)36)27-18(33)13(5-4-8-25-21(23)24)26-17(32)12(22)6-7-15(30)31/h10-14,16,29H,4-9,22H2,1-3H3,(H,26,32)(H,27,33)(H,28,34)(H,30,31)(H,35,36)(H4,23,24,25). The van der Waals surface area contributed by atoms with Crippen LogP contribution >= 0.6 is 0 Å². The van der Waals surface area contributed by atoms with Crippen LogP contribution < -0.4 is 33.2 Å². The van der Waals surface area contributed by atoms with Crippen LogP contribution in [0.25, 0.3) is 0 Å². The van der Waals surface area contributed by atoms with Crippen molar-refractivity contribution in [3.63, 3.8) is 0 Å². The molecule has 0 aliphatic rings. The maximum atomic E-state index is 13.1. The summed E-state index contributed by atoms with van der Waals surface area (Å²) >= 11 is 0. The molecular formula is C21H39N7O8. The molecule has 0 rings (SSSR count). The quantitative estimate of drug-likeness (QED) is 0.0539. The first-order valence-electron chi connectivity index (χ1n) is 11.5. The number of aliphatic hydroxyl groups is 1. The van der Waals surface area contributed by atoms with Crippen molar-refractivity contribution in [2.45, 2.75) is 83.1 Å². The third-order valence-corrected chi connectivity index (χ3v) is 4.97. The number of amides is 3. The average Bonchev–Trinajstić information content (AvgIpc) is 2.75. The number of guanidine groups is 1. The summed E-state index contributed by atoms with van der Waals surface area (Å²) in [6, 6.07) is -5.12. The second kappa shape index (κ2) is 16.3. The number of aliphatic carboxylic acids is 2. The molecule has 0 aromatic carbocycles. The third kappa shape index (κ3) is 13.4. The van der Waals surface area contributed by atoms with E-state index >= 15 is 0 Å². The Hall–Kier alpha value is -3.46. The summed E-state index contributed by atoms with van der Waals surface area (Å²) < 4.78 is 0. The summed E-state index contributed by atoms with van der Waals surface area (Å²) in [4.78, 5) is 64.2. The van der Waals surface area contributed by atoms with Crippen LogP contribution in [-0.2, 0) is 24.0 Å². The fraction of sp³-hybridized carbons (Fsp3) is 0.714. The third-order valence-electron chi connectivity index (χ3n) is 4.97. The zero-order valence-electron chi connectivity index (χ0n) is 20.8. The second-order valence-corrected chi connectivity index (χ2v) is 8.80. The molecule has 0 aliphatic heterocycles. The van der Waals surface area contributed by atoms with E-state index in [1.807, 2.05) is 0 Å². The first-order chi connectivity index (χ1) is 16.6. The van der Waals surface area contributed by atoms with E-state index in [2.05, 4.69) is 20.9 Å². The molecule has 5 unspecified atom stereocenters. The van der Waals surface area contributed by atoms with Crippen molar-refractivity contribution in [1.82, 2.24) is 16.0 Å². The number of carbonyl (C=O) groups excluding carboxylic acids is 3. The lowest BCUT2D eigenvalue weighted by Gasteiger charge is -2.26. The fourth-order valence-corrected chi connectivity index (χ4v) is 3.08. The van der Waals surface area contributed by atoms with E-state index in [4.69, 9.17) is 22.3 Å². The SMILES string of the molecule is CC(C)CC(NC(=O)C(CCCN=C(N)N)NC(=O)C(N)CCC(=O)O)C(=O)NC(C(=O)O)C(C)O. The van der Waals surface area contributed by atoms with Crippen molar-refractivity contribution in [3.8, 4) is 0 Å². The van der Waals surface area contributed by atoms with Crippen molar-refractivity contribution in [1.29, 1.82) is 0 Å². The Morgan fingerprint density at radius 1 is 0.861 bits per heavy atom. The zero-order chi connectivity index (χ0) is 28.0. The van der Waals surface area contributed by atoms with Crippen molar-refractivity contribution in [3.05, 3.63) is 0 Å². The smallest absolute Gasteiger partial charge is 0.328 e.